The highest BCUT2D eigenvalue weighted by Crippen LogP contribution is 2.53. The van der Waals surface area contributed by atoms with Crippen molar-refractivity contribution >= 4 is 6.47 Å². The van der Waals surface area contributed by atoms with Crippen molar-refractivity contribution in [2.24, 2.45) is 11.8 Å². The molecule has 8 nitrogen and oxygen atoms in total. The second-order valence-corrected chi connectivity index (χ2v) is 7.67. The van der Waals surface area contributed by atoms with Gasteiger partial charge in [-0.25, -0.2) is 0 Å². The molecule has 1 N–H and O–H groups in total. The number of fused-ring (bicyclic) bond motifs is 2. The van der Waals surface area contributed by atoms with Crippen molar-refractivity contribution in [3.63, 3.8) is 0 Å². The van der Waals surface area contributed by atoms with E-state index in [1.807, 2.05) is 31.2 Å². The van der Waals surface area contributed by atoms with Crippen LogP contribution in [0.25, 0.3) is 0 Å². The van der Waals surface area contributed by atoms with E-state index in [0.29, 0.717) is 35.2 Å². The number of aliphatic hydroxyl groups is 1. The van der Waals surface area contributed by atoms with Crippen molar-refractivity contribution in [1.82, 2.24) is 0 Å². The summed E-state index contributed by atoms with van der Waals surface area (Å²) in [5.74, 6) is 2.26. The van der Waals surface area contributed by atoms with E-state index in [0.717, 1.165) is 16.7 Å². The molecular weight excluding hydrogens is 404 g/mol. The summed E-state index contributed by atoms with van der Waals surface area (Å²) in [5, 5.41) is 11.1. The Morgan fingerprint density at radius 2 is 1.61 bits per heavy atom. The molecule has 1 aliphatic heterocycles. The third-order valence-electron chi connectivity index (χ3n) is 6.24. The van der Waals surface area contributed by atoms with Gasteiger partial charge in [0.25, 0.3) is 6.47 Å². The normalized spacial score (nSPS) is 23.6. The number of benzene rings is 2. The van der Waals surface area contributed by atoms with Crippen LogP contribution in [0, 0.1) is 11.8 Å². The molecule has 1 heterocycles. The summed E-state index contributed by atoms with van der Waals surface area (Å²) in [6.07, 6.45) is -0.822. The van der Waals surface area contributed by atoms with Gasteiger partial charge in [0, 0.05) is 11.8 Å². The molecule has 0 spiro atoms. The molecule has 0 bridgehead atoms. The maximum atomic E-state index is 11.1. The molecule has 0 saturated carbocycles. The van der Waals surface area contributed by atoms with Gasteiger partial charge in [0.05, 0.1) is 34.0 Å². The zero-order valence-electron chi connectivity index (χ0n) is 17.9. The van der Waals surface area contributed by atoms with E-state index in [2.05, 4.69) is 0 Å². The van der Waals surface area contributed by atoms with E-state index in [-0.39, 0.29) is 31.2 Å². The molecule has 4 rings (SSSR count). The first-order chi connectivity index (χ1) is 15.0. The largest absolute Gasteiger partial charge is 0.493 e. The van der Waals surface area contributed by atoms with E-state index in [1.54, 1.807) is 21.3 Å². The minimum atomic E-state index is -0.822. The number of aliphatic hydroxyl groups excluding tert-OH is 1. The predicted octanol–water partition coefficient (Wildman–Crippen LogP) is 3.05. The molecule has 8 heteroatoms. The fourth-order valence-electron chi connectivity index (χ4n) is 4.70. The Hall–Kier alpha value is -3.13. The first kappa shape index (κ1) is 21.1. The molecular formula is C23H26O8. The van der Waals surface area contributed by atoms with Crippen LogP contribution in [0.2, 0.25) is 0 Å². The van der Waals surface area contributed by atoms with Crippen LogP contribution in [0.15, 0.2) is 24.3 Å². The number of ether oxygens (including phenoxy) is 6. The highest BCUT2D eigenvalue weighted by molar-refractivity contribution is 5.59. The fourth-order valence-corrected chi connectivity index (χ4v) is 4.70. The molecule has 4 atom stereocenters. The van der Waals surface area contributed by atoms with E-state index in [9.17, 15) is 9.90 Å². The Kier molecular flexibility index (Phi) is 5.82. The van der Waals surface area contributed by atoms with E-state index in [1.165, 1.54) is 0 Å². The van der Waals surface area contributed by atoms with E-state index >= 15 is 0 Å². The maximum Gasteiger partial charge on any atom is 0.293 e. The molecule has 1 aliphatic carbocycles. The predicted molar refractivity (Wildman–Crippen MR) is 110 cm³/mol. The number of carbonyl (C=O) groups excluding carboxylic acids is 1. The lowest BCUT2D eigenvalue weighted by Crippen LogP contribution is -2.35. The molecule has 0 radical (unpaired) electrons. The van der Waals surface area contributed by atoms with Gasteiger partial charge in [-0.3, -0.25) is 4.79 Å². The van der Waals surface area contributed by atoms with Gasteiger partial charge in [-0.15, -0.1) is 0 Å². The lowest BCUT2D eigenvalue weighted by atomic mass is 9.66. The van der Waals surface area contributed by atoms with E-state index < -0.39 is 6.10 Å². The summed E-state index contributed by atoms with van der Waals surface area (Å²) >= 11 is 0. The second-order valence-electron chi connectivity index (χ2n) is 7.67. The first-order valence-corrected chi connectivity index (χ1v) is 10.0. The molecule has 0 fully saturated rings. The number of hydrogen-bond donors (Lipinski definition) is 1. The molecule has 31 heavy (non-hydrogen) atoms. The van der Waals surface area contributed by atoms with Gasteiger partial charge in [-0.2, -0.15) is 0 Å². The number of hydrogen-bond acceptors (Lipinski definition) is 8. The summed E-state index contributed by atoms with van der Waals surface area (Å²) in [7, 11) is 4.70. The van der Waals surface area contributed by atoms with Crippen LogP contribution < -0.4 is 23.7 Å². The lowest BCUT2D eigenvalue weighted by Gasteiger charge is -2.41. The summed E-state index contributed by atoms with van der Waals surface area (Å²) in [5.41, 5.74) is 2.56. The smallest absolute Gasteiger partial charge is 0.293 e. The minimum Gasteiger partial charge on any atom is -0.493 e. The Labute approximate surface area is 180 Å². The molecule has 3 unspecified atom stereocenters. The topological polar surface area (TPSA) is 92.7 Å². The van der Waals surface area contributed by atoms with Gasteiger partial charge in [0.1, 0.15) is 0 Å². The molecule has 2 aliphatic rings. The van der Waals surface area contributed by atoms with Crippen molar-refractivity contribution in [3.8, 4) is 28.7 Å². The molecule has 166 valence electrons. The summed E-state index contributed by atoms with van der Waals surface area (Å²) in [6.45, 7) is 2.67. The average molecular weight is 430 g/mol. The monoisotopic (exact) mass is 430 g/mol. The maximum absolute atomic E-state index is 11.1. The first-order valence-electron chi connectivity index (χ1n) is 10.0. The second kappa shape index (κ2) is 8.55. The molecule has 2 aromatic carbocycles. The minimum absolute atomic E-state index is 0.0781. The van der Waals surface area contributed by atoms with Gasteiger partial charge < -0.3 is 33.5 Å². The van der Waals surface area contributed by atoms with Gasteiger partial charge in [-0.05, 0) is 46.9 Å². The Morgan fingerprint density at radius 1 is 1.00 bits per heavy atom. The average Bonchev–Trinajstić information content (AvgIpc) is 3.24. The van der Waals surface area contributed by atoms with Crippen molar-refractivity contribution < 1.29 is 38.3 Å². The van der Waals surface area contributed by atoms with E-state index in [4.69, 9.17) is 28.4 Å². The highest BCUT2D eigenvalue weighted by Gasteiger charge is 2.42. The molecule has 0 aromatic heterocycles. The summed E-state index contributed by atoms with van der Waals surface area (Å²) in [4.78, 5) is 10.9. The van der Waals surface area contributed by atoms with Crippen LogP contribution in [0.3, 0.4) is 0 Å². The molecule has 0 amide bonds. The van der Waals surface area contributed by atoms with Gasteiger partial charge in [0.15, 0.2) is 23.0 Å². The van der Waals surface area contributed by atoms with Crippen molar-refractivity contribution in [2.75, 3.05) is 34.7 Å². The van der Waals surface area contributed by atoms with Crippen LogP contribution in [-0.4, -0.2) is 46.3 Å². The van der Waals surface area contributed by atoms with Crippen LogP contribution in [0.1, 0.15) is 35.6 Å². The van der Waals surface area contributed by atoms with Gasteiger partial charge in [-0.1, -0.05) is 6.92 Å². The lowest BCUT2D eigenvalue weighted by molar-refractivity contribution is -0.132. The van der Waals surface area contributed by atoms with Gasteiger partial charge >= 0.3 is 0 Å². The van der Waals surface area contributed by atoms with Crippen LogP contribution in [0.5, 0.6) is 28.7 Å². The van der Waals surface area contributed by atoms with Crippen LogP contribution >= 0.6 is 0 Å². The molecule has 2 aromatic rings. The van der Waals surface area contributed by atoms with Crippen molar-refractivity contribution in [3.05, 3.63) is 41.0 Å². The summed E-state index contributed by atoms with van der Waals surface area (Å²) < 4.78 is 32.7. The molecule has 0 saturated heterocycles. The van der Waals surface area contributed by atoms with Crippen molar-refractivity contribution in [2.45, 2.75) is 18.9 Å². The van der Waals surface area contributed by atoms with Crippen molar-refractivity contribution in [1.29, 1.82) is 0 Å². The SMILES string of the molecule is COc1cc(C2c3cc4c(cc3[C@H](O)C(COC=O)C2C)OCO4)cc(OC)c1OC. The third-order valence-corrected chi connectivity index (χ3v) is 6.24. The Bertz CT molecular complexity index is 947. The number of rotatable bonds is 7. The van der Waals surface area contributed by atoms with Crippen LogP contribution in [-0.2, 0) is 9.53 Å². The third kappa shape index (κ3) is 3.50. The van der Waals surface area contributed by atoms with Gasteiger partial charge in [0.2, 0.25) is 12.5 Å². The number of methoxy groups -OCH3 is 3. The number of carbonyl (C=O) groups is 1. The van der Waals surface area contributed by atoms with Crippen LogP contribution in [0.4, 0.5) is 0 Å². The zero-order valence-corrected chi connectivity index (χ0v) is 17.9. The Balaban J connectivity index is 1.90. The summed E-state index contributed by atoms with van der Waals surface area (Å²) in [6, 6.07) is 7.55. The highest BCUT2D eigenvalue weighted by atomic mass is 16.7. The standard InChI is InChI=1S/C23H26O8/c1-12-16(9-29-10-24)22(25)15-8-18-17(30-11-31-18)7-14(15)21(12)13-5-19(26-2)23(28-4)20(6-13)27-3/h5-8,10,12,16,21-22,25H,9,11H2,1-4H3/t12?,16?,21?,22-/m0/s1. The zero-order chi connectivity index (χ0) is 22.1. The fraction of sp³-hybridized carbons (Fsp3) is 0.435. The Morgan fingerprint density at radius 3 is 2.16 bits per heavy atom. The quantitative estimate of drug-likeness (QED) is 0.670.